The van der Waals surface area contributed by atoms with Crippen LogP contribution in [0.1, 0.15) is 184 Å². The highest BCUT2D eigenvalue weighted by Gasteiger charge is 2.46. The maximum Gasteiger partial charge on any atom is 0.0527 e. The number of hydrogen-bond donors (Lipinski definition) is 0. The van der Waals surface area contributed by atoms with Crippen LogP contribution in [-0.4, -0.2) is 0 Å². The number of nitrogens with zero attached hydrogens (tertiary/aromatic N) is 2. The van der Waals surface area contributed by atoms with Crippen LogP contribution in [0.15, 0.2) is 84.9 Å². The van der Waals surface area contributed by atoms with E-state index >= 15 is 0 Å². The second-order valence-corrected chi connectivity index (χ2v) is 23.4. The van der Waals surface area contributed by atoms with Gasteiger partial charge in [-0.05, 0) is 164 Å². The minimum atomic E-state index is 0.0136. The molecule has 0 saturated carbocycles. The van der Waals surface area contributed by atoms with Crippen LogP contribution in [-0.2, 0) is 32.5 Å². The third-order valence-corrected chi connectivity index (χ3v) is 15.1. The first-order valence-corrected chi connectivity index (χ1v) is 22.2. The molecule has 0 bridgehead atoms. The molecule has 1 atom stereocenters. The van der Waals surface area contributed by atoms with Gasteiger partial charge in [-0.3, -0.25) is 0 Å². The Hall–Kier alpha value is -4.30. The second kappa shape index (κ2) is 12.4. The van der Waals surface area contributed by atoms with Crippen molar-refractivity contribution < 1.29 is 0 Å². The second-order valence-electron chi connectivity index (χ2n) is 23.4. The van der Waals surface area contributed by atoms with Gasteiger partial charge >= 0.3 is 0 Å². The normalized spacial score (nSPS) is 20.7. The quantitative estimate of drug-likeness (QED) is 0.173. The Morgan fingerprint density at radius 2 is 0.879 bits per heavy atom. The molecule has 9 rings (SSSR count). The van der Waals surface area contributed by atoms with Gasteiger partial charge in [0, 0.05) is 22.9 Å². The van der Waals surface area contributed by atoms with Gasteiger partial charge in [-0.2, -0.15) is 0 Å². The highest BCUT2D eigenvalue weighted by Crippen LogP contribution is 2.63. The van der Waals surface area contributed by atoms with Gasteiger partial charge in [0.05, 0.1) is 22.7 Å². The van der Waals surface area contributed by atoms with E-state index in [9.17, 15) is 0 Å². The Bertz CT molecular complexity index is 2490. The molecule has 0 radical (unpaired) electrons. The first-order chi connectivity index (χ1) is 26.9. The van der Waals surface area contributed by atoms with Crippen molar-refractivity contribution in [3.63, 3.8) is 0 Å². The van der Waals surface area contributed by atoms with Crippen molar-refractivity contribution >= 4 is 34.1 Å². The van der Waals surface area contributed by atoms with Gasteiger partial charge in [-0.1, -0.05) is 133 Å². The molecule has 58 heavy (non-hydrogen) atoms. The standard InChI is InChI=1S/C56H68N2/c1-34-28-47-50-48(29-34)58(38-21-22-41-42(31-38)54(10,11)25-24-53(41,8)9)46-33-44-43(55(12,13)26-27-56(44,14)15)32-40(46)49(50)39-30-36(52(5,6)7)18-23-45(39)57(47)37-19-16-35(17-20-37)51(2,3)4/h16-23,28-33,49H,24-27H2,1-15H3. The molecule has 5 aromatic rings. The lowest BCUT2D eigenvalue weighted by molar-refractivity contribution is 0.331. The SMILES string of the molecule is Cc1cc2c3c(c1)N(c1ccc4c(c1)C(C)(C)CCC4(C)C)c1cc4c(cc1C3c1cc(C(C)(C)C)ccc1N2c1ccc(C(C)(C)C)cc1)C(C)(C)CCC4(C)C. The fourth-order valence-corrected chi connectivity index (χ4v) is 11.0. The van der Waals surface area contributed by atoms with Crippen LogP contribution >= 0.6 is 0 Å². The molecule has 2 heteroatoms. The van der Waals surface area contributed by atoms with E-state index in [1.54, 1.807) is 0 Å². The fourth-order valence-electron chi connectivity index (χ4n) is 11.0. The van der Waals surface area contributed by atoms with Gasteiger partial charge < -0.3 is 9.80 Å². The van der Waals surface area contributed by atoms with Crippen LogP contribution in [0, 0.1) is 6.92 Å². The van der Waals surface area contributed by atoms with Gasteiger partial charge in [0.2, 0.25) is 0 Å². The number of benzene rings is 5. The van der Waals surface area contributed by atoms with Crippen molar-refractivity contribution in [3.05, 3.63) is 141 Å². The Labute approximate surface area is 351 Å². The minimum absolute atomic E-state index is 0.0136. The lowest BCUT2D eigenvalue weighted by atomic mass is 9.61. The molecule has 0 amide bonds. The average molecular weight is 769 g/mol. The number of anilines is 6. The summed E-state index contributed by atoms with van der Waals surface area (Å²) in [5.41, 5.74) is 22.6. The number of hydrogen-bond acceptors (Lipinski definition) is 2. The van der Waals surface area contributed by atoms with E-state index in [2.05, 4.69) is 199 Å². The summed E-state index contributed by atoms with van der Waals surface area (Å²) >= 11 is 0. The fraction of sp³-hybridized carbons (Fsp3) is 0.464. The van der Waals surface area contributed by atoms with Crippen LogP contribution in [0.2, 0.25) is 0 Å². The van der Waals surface area contributed by atoms with Crippen molar-refractivity contribution in [3.8, 4) is 0 Å². The lowest BCUT2D eigenvalue weighted by Crippen LogP contribution is -2.36. The molecule has 0 aromatic heterocycles. The Morgan fingerprint density at radius 3 is 1.43 bits per heavy atom. The maximum absolute atomic E-state index is 2.69. The van der Waals surface area contributed by atoms with Gasteiger partial charge in [-0.25, -0.2) is 0 Å². The molecule has 1 unspecified atom stereocenters. The molecular formula is C56H68N2. The summed E-state index contributed by atoms with van der Waals surface area (Å²) in [6.45, 7) is 36.1. The molecule has 302 valence electrons. The van der Waals surface area contributed by atoms with Crippen molar-refractivity contribution in [1.82, 2.24) is 0 Å². The predicted molar refractivity (Wildman–Crippen MR) is 249 cm³/mol. The average Bonchev–Trinajstić information content (AvgIpc) is 3.14. The molecule has 0 fully saturated rings. The third kappa shape index (κ3) is 5.93. The predicted octanol–water partition coefficient (Wildman–Crippen LogP) is 16.0. The smallest absolute Gasteiger partial charge is 0.0527 e. The van der Waals surface area contributed by atoms with Crippen LogP contribution in [0.25, 0.3) is 0 Å². The molecule has 0 saturated heterocycles. The minimum Gasteiger partial charge on any atom is -0.310 e. The van der Waals surface area contributed by atoms with Crippen LogP contribution in [0.3, 0.4) is 0 Å². The van der Waals surface area contributed by atoms with Gasteiger partial charge in [0.1, 0.15) is 0 Å². The highest BCUT2D eigenvalue weighted by atomic mass is 15.2. The molecule has 2 heterocycles. The van der Waals surface area contributed by atoms with Gasteiger partial charge in [0.15, 0.2) is 0 Å². The van der Waals surface area contributed by atoms with Crippen LogP contribution in [0.5, 0.6) is 0 Å². The molecular weight excluding hydrogens is 701 g/mol. The molecule has 0 spiro atoms. The summed E-state index contributed by atoms with van der Waals surface area (Å²) in [6, 6.07) is 34.6. The Kier molecular flexibility index (Phi) is 8.36. The summed E-state index contributed by atoms with van der Waals surface area (Å²) < 4.78 is 0. The van der Waals surface area contributed by atoms with E-state index in [0.29, 0.717) is 0 Å². The van der Waals surface area contributed by atoms with Crippen LogP contribution < -0.4 is 9.80 Å². The molecule has 2 nitrogen and oxygen atoms in total. The maximum atomic E-state index is 2.69. The topological polar surface area (TPSA) is 6.48 Å². The number of fused-ring (bicyclic) bond motifs is 6. The van der Waals surface area contributed by atoms with Crippen LogP contribution in [0.4, 0.5) is 34.1 Å². The van der Waals surface area contributed by atoms with Gasteiger partial charge in [-0.15, -0.1) is 0 Å². The number of rotatable bonds is 2. The van der Waals surface area contributed by atoms with Crippen molar-refractivity contribution in [2.45, 2.75) is 168 Å². The summed E-state index contributed by atoms with van der Waals surface area (Å²) in [4.78, 5) is 5.27. The number of aryl methyl sites for hydroxylation is 1. The van der Waals surface area contributed by atoms with Crippen molar-refractivity contribution in [2.24, 2.45) is 0 Å². The van der Waals surface area contributed by atoms with E-state index in [4.69, 9.17) is 0 Å². The van der Waals surface area contributed by atoms with E-state index in [1.165, 1.54) is 115 Å². The zero-order valence-corrected chi connectivity index (χ0v) is 38.4. The van der Waals surface area contributed by atoms with Gasteiger partial charge in [0.25, 0.3) is 0 Å². The monoisotopic (exact) mass is 769 g/mol. The zero-order valence-electron chi connectivity index (χ0n) is 38.4. The van der Waals surface area contributed by atoms with E-state index in [0.717, 1.165) is 0 Å². The Balaban J connectivity index is 1.40. The first-order valence-electron chi connectivity index (χ1n) is 22.2. The highest BCUT2D eigenvalue weighted by molar-refractivity contribution is 5.97. The molecule has 2 aliphatic heterocycles. The summed E-state index contributed by atoms with van der Waals surface area (Å²) in [5.74, 6) is 0.0957. The first kappa shape index (κ1) is 39.2. The summed E-state index contributed by atoms with van der Waals surface area (Å²) in [7, 11) is 0. The van der Waals surface area contributed by atoms with E-state index in [1.807, 2.05) is 0 Å². The molecule has 2 aliphatic carbocycles. The van der Waals surface area contributed by atoms with E-state index in [-0.39, 0.29) is 38.4 Å². The summed E-state index contributed by atoms with van der Waals surface area (Å²) in [6.07, 6.45) is 4.80. The van der Waals surface area contributed by atoms with Crippen molar-refractivity contribution in [2.75, 3.05) is 9.80 Å². The summed E-state index contributed by atoms with van der Waals surface area (Å²) in [5, 5.41) is 0. The zero-order chi connectivity index (χ0) is 41.7. The largest absolute Gasteiger partial charge is 0.310 e. The molecule has 5 aromatic carbocycles. The third-order valence-electron chi connectivity index (χ3n) is 15.1. The lowest BCUT2D eigenvalue weighted by Gasteiger charge is -2.48. The Morgan fingerprint density at radius 1 is 0.431 bits per heavy atom. The van der Waals surface area contributed by atoms with Crippen molar-refractivity contribution in [1.29, 1.82) is 0 Å². The molecule has 0 N–H and O–H groups in total. The molecule has 4 aliphatic rings. The van der Waals surface area contributed by atoms with E-state index < -0.39 is 0 Å².